The summed E-state index contributed by atoms with van der Waals surface area (Å²) >= 11 is 0. The van der Waals surface area contributed by atoms with Crippen molar-refractivity contribution in [2.24, 2.45) is 0 Å². The van der Waals surface area contributed by atoms with Gasteiger partial charge in [0.2, 0.25) is 0 Å². The highest BCUT2D eigenvalue weighted by Gasteiger charge is 2.27. The maximum absolute atomic E-state index is 13.1. The summed E-state index contributed by atoms with van der Waals surface area (Å²) in [5.74, 6) is -0.660. The molecule has 0 saturated heterocycles. The van der Waals surface area contributed by atoms with Crippen LogP contribution in [0.5, 0.6) is 0 Å². The summed E-state index contributed by atoms with van der Waals surface area (Å²) in [6.07, 6.45) is 9.58. The zero-order valence-electron chi connectivity index (χ0n) is 15.6. The Hall–Kier alpha value is -3.88. The van der Waals surface area contributed by atoms with E-state index in [4.69, 9.17) is 4.74 Å². The van der Waals surface area contributed by atoms with Crippen molar-refractivity contribution in [1.82, 2.24) is 19.9 Å². The third-order valence-electron chi connectivity index (χ3n) is 4.44. The molecule has 146 valence electrons. The van der Waals surface area contributed by atoms with Crippen LogP contribution in [0.4, 0.5) is 17.1 Å². The van der Waals surface area contributed by atoms with Crippen molar-refractivity contribution in [2.75, 3.05) is 17.7 Å². The molecular formula is C20H18N6O3. The lowest BCUT2D eigenvalue weighted by atomic mass is 10.2. The van der Waals surface area contributed by atoms with Gasteiger partial charge in [-0.1, -0.05) is 0 Å². The van der Waals surface area contributed by atoms with Gasteiger partial charge in [0.25, 0.3) is 5.91 Å². The van der Waals surface area contributed by atoms with Crippen molar-refractivity contribution in [3.63, 3.8) is 0 Å². The smallest absolute Gasteiger partial charge is 0.340 e. The van der Waals surface area contributed by atoms with E-state index >= 15 is 0 Å². The first kappa shape index (κ1) is 18.5. The number of nitrogens with zero attached hydrogens (tertiary/aromatic N) is 4. The molecule has 3 aromatic heterocycles. The van der Waals surface area contributed by atoms with Gasteiger partial charge in [0.15, 0.2) is 5.69 Å². The topological polar surface area (TPSA) is 119 Å². The fourth-order valence-electron chi connectivity index (χ4n) is 2.84. The summed E-state index contributed by atoms with van der Waals surface area (Å²) in [5.41, 5.74) is 2.66. The van der Waals surface area contributed by atoms with Crippen molar-refractivity contribution >= 4 is 28.9 Å². The second kappa shape index (κ2) is 8.01. The van der Waals surface area contributed by atoms with E-state index in [1.54, 1.807) is 12.4 Å². The molecule has 0 radical (unpaired) electrons. The van der Waals surface area contributed by atoms with Crippen molar-refractivity contribution < 1.29 is 14.3 Å². The first-order valence-electron chi connectivity index (χ1n) is 9.02. The van der Waals surface area contributed by atoms with Gasteiger partial charge in [-0.25, -0.2) is 19.7 Å². The molecule has 0 aliphatic heterocycles. The highest BCUT2D eigenvalue weighted by molar-refractivity contribution is 6.09. The van der Waals surface area contributed by atoms with E-state index in [1.165, 1.54) is 31.9 Å². The zero-order valence-corrected chi connectivity index (χ0v) is 15.6. The standard InChI is InChI=1S/C20H18N6O3/c1-29-20(28)14-6-7-21-10-17(14)26-19(27)18-16(24-13-8-22-11-23-9-13)5-4-15(25-18)12-2-3-12/h4-12,24H,2-3H2,1H3,(H,26,27). The lowest BCUT2D eigenvalue weighted by Crippen LogP contribution is -2.19. The van der Waals surface area contributed by atoms with Gasteiger partial charge in [-0.2, -0.15) is 0 Å². The van der Waals surface area contributed by atoms with E-state index in [2.05, 4.69) is 30.6 Å². The number of aromatic nitrogens is 4. The molecule has 29 heavy (non-hydrogen) atoms. The van der Waals surface area contributed by atoms with E-state index in [9.17, 15) is 9.59 Å². The third kappa shape index (κ3) is 4.18. The molecule has 3 heterocycles. The van der Waals surface area contributed by atoms with Crippen molar-refractivity contribution in [1.29, 1.82) is 0 Å². The minimum absolute atomic E-state index is 0.206. The molecule has 0 spiro atoms. The first-order valence-corrected chi connectivity index (χ1v) is 9.02. The molecule has 1 amide bonds. The first-order chi connectivity index (χ1) is 14.2. The Morgan fingerprint density at radius 3 is 2.55 bits per heavy atom. The molecule has 9 nitrogen and oxygen atoms in total. The molecule has 2 N–H and O–H groups in total. The quantitative estimate of drug-likeness (QED) is 0.617. The summed E-state index contributed by atoms with van der Waals surface area (Å²) in [5, 5.41) is 5.84. The van der Waals surface area contributed by atoms with Crippen LogP contribution in [0.2, 0.25) is 0 Å². The Kier molecular flexibility index (Phi) is 5.10. The number of carbonyl (C=O) groups excluding carboxylic acids is 2. The Morgan fingerprint density at radius 1 is 1.03 bits per heavy atom. The zero-order chi connectivity index (χ0) is 20.2. The van der Waals surface area contributed by atoms with E-state index in [-0.39, 0.29) is 16.9 Å². The van der Waals surface area contributed by atoms with Gasteiger partial charge in [-0.15, -0.1) is 0 Å². The number of nitrogens with one attached hydrogen (secondary N) is 2. The Morgan fingerprint density at radius 2 is 1.83 bits per heavy atom. The largest absolute Gasteiger partial charge is 0.465 e. The average Bonchev–Trinajstić information content (AvgIpc) is 3.60. The van der Waals surface area contributed by atoms with Crippen molar-refractivity contribution in [3.8, 4) is 0 Å². The van der Waals surface area contributed by atoms with Crippen LogP contribution in [0.3, 0.4) is 0 Å². The van der Waals surface area contributed by atoms with Crippen LogP contribution in [0.15, 0.2) is 49.3 Å². The van der Waals surface area contributed by atoms with E-state index in [0.717, 1.165) is 18.5 Å². The molecule has 1 aliphatic rings. The van der Waals surface area contributed by atoms with E-state index < -0.39 is 11.9 Å². The van der Waals surface area contributed by atoms with Gasteiger partial charge < -0.3 is 15.4 Å². The monoisotopic (exact) mass is 390 g/mol. The number of anilines is 3. The minimum Gasteiger partial charge on any atom is -0.465 e. The number of hydrogen-bond donors (Lipinski definition) is 2. The number of methoxy groups -OCH3 is 1. The molecule has 4 rings (SSSR count). The number of esters is 1. The fraction of sp³-hybridized carbons (Fsp3) is 0.200. The second-order valence-corrected chi connectivity index (χ2v) is 6.53. The molecule has 1 fully saturated rings. The van der Waals surface area contributed by atoms with Crippen LogP contribution >= 0.6 is 0 Å². The number of rotatable bonds is 6. The molecule has 1 saturated carbocycles. The van der Waals surface area contributed by atoms with Crippen LogP contribution in [-0.4, -0.2) is 38.9 Å². The molecule has 3 aromatic rings. The second-order valence-electron chi connectivity index (χ2n) is 6.53. The highest BCUT2D eigenvalue weighted by Crippen LogP contribution is 2.39. The summed E-state index contributed by atoms with van der Waals surface area (Å²) in [6.45, 7) is 0. The van der Waals surface area contributed by atoms with Crippen molar-refractivity contribution in [3.05, 3.63) is 66.3 Å². The summed E-state index contributed by atoms with van der Waals surface area (Å²) < 4.78 is 4.77. The van der Waals surface area contributed by atoms with Gasteiger partial charge in [0.1, 0.15) is 6.33 Å². The van der Waals surface area contributed by atoms with E-state index in [1.807, 2.05) is 12.1 Å². The summed E-state index contributed by atoms with van der Waals surface area (Å²) in [7, 11) is 1.28. The third-order valence-corrected chi connectivity index (χ3v) is 4.44. The molecular weight excluding hydrogens is 372 g/mol. The normalized spacial score (nSPS) is 12.9. The number of ether oxygens (including phenoxy) is 1. The van der Waals surface area contributed by atoms with Gasteiger partial charge in [0.05, 0.1) is 48.3 Å². The molecule has 0 bridgehead atoms. The molecule has 9 heteroatoms. The van der Waals surface area contributed by atoms with Gasteiger partial charge >= 0.3 is 5.97 Å². The molecule has 0 unspecified atom stereocenters. The summed E-state index contributed by atoms with van der Waals surface area (Å²) in [6, 6.07) is 5.20. The number of carbonyl (C=O) groups is 2. The SMILES string of the molecule is COC(=O)c1ccncc1NC(=O)c1nc(C2CC2)ccc1Nc1cncnc1. The number of amides is 1. The highest BCUT2D eigenvalue weighted by atomic mass is 16.5. The van der Waals surface area contributed by atoms with Crippen LogP contribution in [0.1, 0.15) is 45.3 Å². The maximum Gasteiger partial charge on any atom is 0.340 e. The number of hydrogen-bond acceptors (Lipinski definition) is 8. The minimum atomic E-state index is -0.567. The van der Waals surface area contributed by atoms with Gasteiger partial charge in [-0.3, -0.25) is 9.78 Å². The van der Waals surface area contributed by atoms with Crippen LogP contribution in [-0.2, 0) is 4.74 Å². The lowest BCUT2D eigenvalue weighted by molar-refractivity contribution is 0.0602. The van der Waals surface area contributed by atoms with E-state index in [0.29, 0.717) is 17.3 Å². The summed E-state index contributed by atoms with van der Waals surface area (Å²) in [4.78, 5) is 41.5. The molecule has 1 aliphatic carbocycles. The lowest BCUT2D eigenvalue weighted by Gasteiger charge is -2.14. The molecule has 0 atom stereocenters. The average molecular weight is 390 g/mol. The Balaban J connectivity index is 1.66. The van der Waals surface area contributed by atoms with Crippen LogP contribution < -0.4 is 10.6 Å². The maximum atomic E-state index is 13.1. The predicted octanol–water partition coefficient (Wildman–Crippen LogP) is 2.93. The van der Waals surface area contributed by atoms with Gasteiger partial charge in [0, 0.05) is 17.8 Å². The van der Waals surface area contributed by atoms with Crippen LogP contribution in [0, 0.1) is 0 Å². The fourth-order valence-corrected chi connectivity index (χ4v) is 2.84. The number of pyridine rings is 2. The van der Waals surface area contributed by atoms with Gasteiger partial charge in [-0.05, 0) is 31.0 Å². The predicted molar refractivity (Wildman–Crippen MR) is 105 cm³/mol. The van der Waals surface area contributed by atoms with Crippen LogP contribution in [0.25, 0.3) is 0 Å². The molecule has 0 aromatic carbocycles. The Bertz CT molecular complexity index is 1050. The van der Waals surface area contributed by atoms with Crippen molar-refractivity contribution in [2.45, 2.75) is 18.8 Å². The Labute approximate surface area is 166 Å².